The monoisotopic (exact) mass is 515 g/mol. The quantitative estimate of drug-likeness (QED) is 0.211. The molecule has 0 amide bonds. The number of nitrogens with zero attached hydrogens (tertiary/aromatic N) is 1. The van der Waals surface area contributed by atoms with Crippen LogP contribution >= 0.6 is 11.8 Å². The van der Waals surface area contributed by atoms with Crippen molar-refractivity contribution in [2.75, 3.05) is 0 Å². The first-order valence-corrected chi connectivity index (χ1v) is 13.9. The molecule has 0 aliphatic heterocycles. The van der Waals surface area contributed by atoms with Crippen LogP contribution in [0.4, 0.5) is 0 Å². The van der Waals surface area contributed by atoms with Crippen LogP contribution in [-0.2, 0) is 0 Å². The van der Waals surface area contributed by atoms with Crippen molar-refractivity contribution in [2.24, 2.45) is 0 Å². The molecule has 7 rings (SSSR count). The Morgan fingerprint density at radius 2 is 1.00 bits per heavy atom. The fourth-order valence-electron chi connectivity index (χ4n) is 5.44. The van der Waals surface area contributed by atoms with Gasteiger partial charge in [-0.25, -0.2) is 0 Å². The first-order valence-electron chi connectivity index (χ1n) is 13.1. The molecule has 1 nitrogen and oxygen atoms in total. The normalized spacial score (nSPS) is 11.2. The second-order valence-corrected chi connectivity index (χ2v) is 10.7. The van der Waals surface area contributed by atoms with Crippen molar-refractivity contribution in [3.8, 4) is 33.4 Å². The van der Waals surface area contributed by atoms with E-state index in [2.05, 4.69) is 145 Å². The van der Waals surface area contributed by atoms with Gasteiger partial charge in [0, 0.05) is 27.6 Å². The third kappa shape index (κ3) is 4.39. The molecule has 0 fully saturated rings. The number of hydrogen-bond acceptors (Lipinski definition) is 2. The molecule has 184 valence electrons. The van der Waals surface area contributed by atoms with Crippen LogP contribution in [0.1, 0.15) is 0 Å². The lowest BCUT2D eigenvalue weighted by Gasteiger charge is -2.17. The number of pyridine rings is 1. The molecule has 0 saturated carbocycles. The lowest BCUT2D eigenvalue weighted by Crippen LogP contribution is -1.91. The Morgan fingerprint density at radius 3 is 1.69 bits per heavy atom. The summed E-state index contributed by atoms with van der Waals surface area (Å²) >= 11 is 1.84. The predicted molar refractivity (Wildman–Crippen MR) is 166 cm³/mol. The zero-order valence-corrected chi connectivity index (χ0v) is 22.1. The highest BCUT2D eigenvalue weighted by atomic mass is 32.2. The van der Waals surface area contributed by atoms with Gasteiger partial charge in [0.1, 0.15) is 0 Å². The molecule has 6 aromatic carbocycles. The van der Waals surface area contributed by atoms with Gasteiger partial charge < -0.3 is 0 Å². The second kappa shape index (κ2) is 10.2. The van der Waals surface area contributed by atoms with Gasteiger partial charge in [-0.3, -0.25) is 4.98 Å². The van der Waals surface area contributed by atoms with Crippen LogP contribution in [0.25, 0.3) is 54.9 Å². The number of fused-ring (bicyclic) bond motifs is 2. The van der Waals surface area contributed by atoms with E-state index >= 15 is 0 Å². The van der Waals surface area contributed by atoms with Gasteiger partial charge in [-0.05, 0) is 67.7 Å². The maximum Gasteiger partial charge on any atom is 0.0353 e. The fourth-order valence-corrected chi connectivity index (χ4v) is 6.56. The molecule has 0 spiro atoms. The second-order valence-electron chi connectivity index (χ2n) is 9.58. The predicted octanol–water partition coefficient (Wildman–Crippen LogP) is 10.5. The Morgan fingerprint density at radius 1 is 0.436 bits per heavy atom. The summed E-state index contributed by atoms with van der Waals surface area (Å²) in [6, 6.07) is 49.8. The Labute approximate surface area is 232 Å². The van der Waals surface area contributed by atoms with Crippen molar-refractivity contribution in [3.63, 3.8) is 0 Å². The van der Waals surface area contributed by atoms with E-state index in [9.17, 15) is 0 Å². The Bertz CT molecular complexity index is 1860. The largest absolute Gasteiger partial charge is 0.264 e. The van der Waals surface area contributed by atoms with Crippen molar-refractivity contribution >= 4 is 33.3 Å². The number of rotatable bonds is 5. The number of benzene rings is 6. The number of hydrogen-bond donors (Lipinski definition) is 0. The fraction of sp³-hybridized carbons (Fsp3) is 0. The molecule has 0 radical (unpaired) electrons. The Hall–Kier alpha value is -4.66. The minimum atomic E-state index is 1.18. The summed E-state index contributed by atoms with van der Waals surface area (Å²) in [7, 11) is 0. The summed E-state index contributed by atoms with van der Waals surface area (Å²) < 4.78 is 0. The van der Waals surface area contributed by atoms with Gasteiger partial charge >= 0.3 is 0 Å². The van der Waals surface area contributed by atoms with E-state index in [-0.39, 0.29) is 0 Å². The zero-order chi connectivity index (χ0) is 26.0. The summed E-state index contributed by atoms with van der Waals surface area (Å²) in [4.78, 5) is 7.01. The molecule has 39 heavy (non-hydrogen) atoms. The number of aromatic nitrogens is 1. The smallest absolute Gasteiger partial charge is 0.0353 e. The van der Waals surface area contributed by atoms with Crippen LogP contribution < -0.4 is 0 Å². The van der Waals surface area contributed by atoms with Crippen molar-refractivity contribution in [1.82, 2.24) is 4.98 Å². The van der Waals surface area contributed by atoms with Crippen LogP contribution in [0.2, 0.25) is 0 Å². The van der Waals surface area contributed by atoms with Gasteiger partial charge in [0.2, 0.25) is 0 Å². The molecule has 0 aliphatic carbocycles. The minimum Gasteiger partial charge on any atom is -0.264 e. The molecule has 0 unspecified atom stereocenters. The average molecular weight is 516 g/mol. The van der Waals surface area contributed by atoms with Crippen LogP contribution in [0.5, 0.6) is 0 Å². The molecule has 0 N–H and O–H groups in total. The van der Waals surface area contributed by atoms with Crippen LogP contribution in [0.15, 0.2) is 162 Å². The highest BCUT2D eigenvalue weighted by molar-refractivity contribution is 7.99. The molecule has 0 bridgehead atoms. The average Bonchev–Trinajstić information content (AvgIpc) is 3.02. The van der Waals surface area contributed by atoms with E-state index in [1.807, 2.05) is 24.2 Å². The third-order valence-electron chi connectivity index (χ3n) is 7.22. The summed E-state index contributed by atoms with van der Waals surface area (Å²) in [6.07, 6.45) is 3.92. The molecular weight excluding hydrogens is 490 g/mol. The van der Waals surface area contributed by atoms with Gasteiger partial charge in [-0.1, -0.05) is 133 Å². The standard InChI is InChI=1S/C37H25NS/c1-4-12-26(13-5-1)30-21-20-29(24-34(30)27-14-6-2-7-15-27)39-37-32-19-11-10-18-31(32)36(28-16-8-3-9-17-28)35-25-38-23-22-33(35)37/h1-25H. The lowest BCUT2D eigenvalue weighted by atomic mass is 9.93. The lowest BCUT2D eigenvalue weighted by molar-refractivity contribution is 1.36. The third-order valence-corrected chi connectivity index (χ3v) is 8.35. The molecule has 7 aromatic rings. The topological polar surface area (TPSA) is 12.9 Å². The van der Waals surface area contributed by atoms with Crippen molar-refractivity contribution in [2.45, 2.75) is 9.79 Å². The molecule has 1 aromatic heterocycles. The highest BCUT2D eigenvalue weighted by Gasteiger charge is 2.17. The van der Waals surface area contributed by atoms with E-state index in [1.54, 1.807) is 0 Å². The van der Waals surface area contributed by atoms with Crippen molar-refractivity contribution < 1.29 is 0 Å². The summed E-state index contributed by atoms with van der Waals surface area (Å²) in [5, 5.41) is 4.90. The molecule has 1 heterocycles. The van der Waals surface area contributed by atoms with E-state index < -0.39 is 0 Å². The molecule has 0 atom stereocenters. The van der Waals surface area contributed by atoms with Gasteiger partial charge in [0.05, 0.1) is 0 Å². The highest BCUT2D eigenvalue weighted by Crippen LogP contribution is 2.46. The SMILES string of the molecule is c1ccc(-c2ccc(Sc3c4ccccc4c(-c4ccccc4)c4cnccc34)cc2-c2ccccc2)cc1. The summed E-state index contributed by atoms with van der Waals surface area (Å²) in [6.45, 7) is 0. The summed E-state index contributed by atoms with van der Waals surface area (Å²) in [5.41, 5.74) is 7.37. The maximum absolute atomic E-state index is 4.54. The van der Waals surface area contributed by atoms with Gasteiger partial charge in [0.15, 0.2) is 0 Å². The van der Waals surface area contributed by atoms with Gasteiger partial charge in [-0.15, -0.1) is 0 Å². The van der Waals surface area contributed by atoms with Crippen LogP contribution in [0.3, 0.4) is 0 Å². The Balaban J connectivity index is 1.44. The summed E-state index contributed by atoms with van der Waals surface area (Å²) in [5.74, 6) is 0. The van der Waals surface area contributed by atoms with E-state index in [0.29, 0.717) is 0 Å². The Kier molecular flexibility index (Phi) is 6.16. The van der Waals surface area contributed by atoms with Crippen molar-refractivity contribution in [1.29, 1.82) is 0 Å². The minimum absolute atomic E-state index is 1.18. The van der Waals surface area contributed by atoms with E-state index in [0.717, 1.165) is 0 Å². The molecule has 0 saturated heterocycles. The maximum atomic E-state index is 4.54. The molecular formula is C37H25NS. The molecule has 0 aliphatic rings. The van der Waals surface area contributed by atoms with E-state index in [4.69, 9.17) is 0 Å². The van der Waals surface area contributed by atoms with E-state index in [1.165, 1.54) is 64.7 Å². The van der Waals surface area contributed by atoms with Crippen molar-refractivity contribution in [3.05, 3.63) is 152 Å². The van der Waals surface area contributed by atoms with Crippen LogP contribution in [0, 0.1) is 0 Å². The van der Waals surface area contributed by atoms with Gasteiger partial charge in [0.25, 0.3) is 0 Å². The molecule has 2 heteroatoms. The van der Waals surface area contributed by atoms with Crippen LogP contribution in [-0.4, -0.2) is 4.98 Å². The first kappa shape index (κ1) is 23.5. The zero-order valence-electron chi connectivity index (χ0n) is 21.3. The van der Waals surface area contributed by atoms with Gasteiger partial charge in [-0.2, -0.15) is 0 Å². The first-order chi connectivity index (χ1) is 19.4.